The second-order valence-corrected chi connectivity index (χ2v) is 7.82. The van der Waals surface area contributed by atoms with E-state index in [1.807, 2.05) is 6.07 Å². The molecule has 4 heterocycles. The molecule has 5 rings (SSSR count). The molecule has 1 aromatic carbocycles. The second kappa shape index (κ2) is 8.55. The lowest BCUT2D eigenvalue weighted by molar-refractivity contribution is 0.145. The predicted molar refractivity (Wildman–Crippen MR) is 120 cm³/mol. The van der Waals surface area contributed by atoms with Crippen LogP contribution in [0.15, 0.2) is 53.7 Å². The van der Waals surface area contributed by atoms with Crippen molar-refractivity contribution in [2.45, 2.75) is 18.9 Å². The fourth-order valence-corrected chi connectivity index (χ4v) is 3.94. The van der Waals surface area contributed by atoms with Crippen molar-refractivity contribution in [2.75, 3.05) is 23.3 Å². The first-order valence-electron chi connectivity index (χ1n) is 10.5. The highest BCUT2D eigenvalue weighted by molar-refractivity contribution is 5.92. The number of hydrogen-bond donors (Lipinski definition) is 3. The minimum atomic E-state index is -0.772. The molecule has 1 fully saturated rings. The van der Waals surface area contributed by atoms with Gasteiger partial charge >= 0.3 is 0 Å². The SMILES string of the molecule is O=c1[nH]cnc2cc(-c3c(F)cccc3F)nc(Nc3ccc(N4CCC(O)CC4)cn3)c12. The number of anilines is 3. The van der Waals surface area contributed by atoms with Crippen LogP contribution in [0, 0.1) is 11.6 Å². The van der Waals surface area contributed by atoms with Crippen LogP contribution in [-0.4, -0.2) is 44.2 Å². The molecule has 1 saturated heterocycles. The zero-order valence-electron chi connectivity index (χ0n) is 17.4. The largest absolute Gasteiger partial charge is 0.393 e. The fourth-order valence-electron chi connectivity index (χ4n) is 3.94. The summed E-state index contributed by atoms with van der Waals surface area (Å²) in [5.41, 5.74) is 0.394. The van der Waals surface area contributed by atoms with Gasteiger partial charge in [-0.25, -0.2) is 23.7 Å². The summed E-state index contributed by atoms with van der Waals surface area (Å²) in [5.74, 6) is -1.06. The van der Waals surface area contributed by atoms with Crippen molar-refractivity contribution >= 4 is 28.2 Å². The van der Waals surface area contributed by atoms with E-state index in [0.717, 1.165) is 30.9 Å². The molecule has 0 amide bonds. The molecule has 10 heteroatoms. The molecule has 1 aliphatic rings. The number of nitrogens with zero attached hydrogens (tertiary/aromatic N) is 4. The van der Waals surface area contributed by atoms with Crippen LogP contribution in [0.5, 0.6) is 0 Å². The highest BCUT2D eigenvalue weighted by Crippen LogP contribution is 2.30. The van der Waals surface area contributed by atoms with Crippen molar-refractivity contribution in [3.8, 4) is 11.3 Å². The third-order valence-corrected chi connectivity index (χ3v) is 5.67. The van der Waals surface area contributed by atoms with E-state index in [1.165, 1.54) is 18.5 Å². The first kappa shape index (κ1) is 21.0. The Morgan fingerprint density at radius 2 is 1.85 bits per heavy atom. The fraction of sp³-hybridized carbons (Fsp3) is 0.217. The molecule has 0 spiro atoms. The van der Waals surface area contributed by atoms with Gasteiger partial charge in [0.2, 0.25) is 0 Å². The standard InChI is InChI=1S/C23H20F2N6O2/c24-15-2-1-3-16(25)20(15)18-10-17-21(23(33)28-12-27-17)22(29-18)30-19-5-4-13(11-26-19)31-8-6-14(32)7-9-31/h1-5,10-12,14,32H,6-9H2,(H,26,29,30)(H,27,28,33). The molecule has 33 heavy (non-hydrogen) atoms. The van der Waals surface area contributed by atoms with Crippen LogP contribution in [-0.2, 0) is 0 Å². The Hall–Kier alpha value is -3.92. The highest BCUT2D eigenvalue weighted by atomic mass is 19.1. The van der Waals surface area contributed by atoms with Crippen molar-refractivity contribution in [3.05, 3.63) is 70.9 Å². The van der Waals surface area contributed by atoms with Gasteiger partial charge in [-0.05, 0) is 43.2 Å². The zero-order chi connectivity index (χ0) is 22.9. The van der Waals surface area contributed by atoms with Crippen LogP contribution < -0.4 is 15.8 Å². The van der Waals surface area contributed by atoms with Crippen molar-refractivity contribution in [2.24, 2.45) is 0 Å². The quantitative estimate of drug-likeness (QED) is 0.438. The summed E-state index contributed by atoms with van der Waals surface area (Å²) in [6.45, 7) is 1.47. The number of aliphatic hydroxyl groups excluding tert-OH is 1. The van der Waals surface area contributed by atoms with Gasteiger partial charge < -0.3 is 20.3 Å². The monoisotopic (exact) mass is 450 g/mol. The first-order chi connectivity index (χ1) is 16.0. The molecule has 0 bridgehead atoms. The maximum absolute atomic E-state index is 14.4. The molecule has 0 radical (unpaired) electrons. The molecule has 0 saturated carbocycles. The Kier molecular flexibility index (Phi) is 5.43. The van der Waals surface area contributed by atoms with E-state index in [9.17, 15) is 18.7 Å². The number of fused-ring (bicyclic) bond motifs is 1. The summed E-state index contributed by atoms with van der Waals surface area (Å²) in [6, 6.07) is 8.53. The van der Waals surface area contributed by atoms with E-state index in [0.29, 0.717) is 18.7 Å². The molecule has 1 aliphatic heterocycles. The Morgan fingerprint density at radius 1 is 1.09 bits per heavy atom. The van der Waals surface area contributed by atoms with Crippen molar-refractivity contribution in [3.63, 3.8) is 0 Å². The third kappa shape index (κ3) is 4.12. The third-order valence-electron chi connectivity index (χ3n) is 5.67. The molecule has 4 aromatic rings. The van der Waals surface area contributed by atoms with Crippen LogP contribution in [0.2, 0.25) is 0 Å². The number of benzene rings is 1. The summed E-state index contributed by atoms with van der Waals surface area (Å²) >= 11 is 0. The number of rotatable bonds is 4. The Balaban J connectivity index is 1.53. The lowest BCUT2D eigenvalue weighted by Gasteiger charge is -2.31. The molecule has 3 N–H and O–H groups in total. The average molecular weight is 450 g/mol. The molecule has 168 valence electrons. The number of hydrogen-bond acceptors (Lipinski definition) is 7. The molecule has 8 nitrogen and oxygen atoms in total. The van der Waals surface area contributed by atoms with Crippen molar-refractivity contribution in [1.29, 1.82) is 0 Å². The van der Waals surface area contributed by atoms with E-state index >= 15 is 0 Å². The van der Waals surface area contributed by atoms with Gasteiger partial charge in [0.05, 0.1) is 41.1 Å². The van der Waals surface area contributed by atoms with Crippen LogP contribution >= 0.6 is 0 Å². The number of halogens is 2. The van der Waals surface area contributed by atoms with Crippen LogP contribution in [0.3, 0.4) is 0 Å². The molecular weight excluding hydrogens is 430 g/mol. The summed E-state index contributed by atoms with van der Waals surface area (Å²) < 4.78 is 28.8. The maximum atomic E-state index is 14.4. The zero-order valence-corrected chi connectivity index (χ0v) is 17.4. The number of aromatic amines is 1. The van der Waals surface area contributed by atoms with Gasteiger partial charge in [-0.3, -0.25) is 4.79 Å². The molecular formula is C23H20F2N6O2. The van der Waals surface area contributed by atoms with Crippen molar-refractivity contribution in [1.82, 2.24) is 19.9 Å². The highest BCUT2D eigenvalue weighted by Gasteiger charge is 2.19. The lowest BCUT2D eigenvalue weighted by Crippen LogP contribution is -2.35. The van der Waals surface area contributed by atoms with E-state index in [1.54, 1.807) is 12.3 Å². The molecule has 0 aliphatic carbocycles. The van der Waals surface area contributed by atoms with Gasteiger partial charge in [0.15, 0.2) is 0 Å². The summed E-state index contributed by atoms with van der Waals surface area (Å²) in [6.07, 6.45) is 4.03. The molecule has 3 aromatic heterocycles. The number of piperidine rings is 1. The number of aliphatic hydroxyl groups is 1. The van der Waals surface area contributed by atoms with Crippen LogP contribution in [0.25, 0.3) is 22.2 Å². The maximum Gasteiger partial charge on any atom is 0.262 e. The number of nitrogens with one attached hydrogen (secondary N) is 2. The van der Waals surface area contributed by atoms with Crippen molar-refractivity contribution < 1.29 is 13.9 Å². The first-order valence-corrected chi connectivity index (χ1v) is 10.5. The lowest BCUT2D eigenvalue weighted by atomic mass is 10.1. The van der Waals surface area contributed by atoms with Gasteiger partial charge in [-0.15, -0.1) is 0 Å². The van der Waals surface area contributed by atoms with E-state index < -0.39 is 17.2 Å². The number of H-pyrrole nitrogens is 1. The topological polar surface area (TPSA) is 107 Å². The number of pyridine rings is 2. The summed E-state index contributed by atoms with van der Waals surface area (Å²) in [5, 5.41) is 12.8. The van der Waals surface area contributed by atoms with Crippen LogP contribution in [0.4, 0.5) is 26.1 Å². The van der Waals surface area contributed by atoms with Gasteiger partial charge in [-0.1, -0.05) is 6.07 Å². The minimum absolute atomic E-state index is 0.00203. The Labute approximate surface area is 187 Å². The predicted octanol–water partition coefficient (Wildman–Crippen LogP) is 3.36. The van der Waals surface area contributed by atoms with Gasteiger partial charge in [0, 0.05) is 13.1 Å². The van der Waals surface area contributed by atoms with Crippen LogP contribution in [0.1, 0.15) is 12.8 Å². The Morgan fingerprint density at radius 3 is 2.55 bits per heavy atom. The second-order valence-electron chi connectivity index (χ2n) is 7.82. The van der Waals surface area contributed by atoms with Gasteiger partial charge in [0.1, 0.15) is 28.7 Å². The average Bonchev–Trinajstić information content (AvgIpc) is 2.80. The smallest absolute Gasteiger partial charge is 0.262 e. The van der Waals surface area contributed by atoms with E-state index in [4.69, 9.17) is 0 Å². The number of aromatic nitrogens is 4. The van der Waals surface area contributed by atoms with Gasteiger partial charge in [-0.2, -0.15) is 0 Å². The normalized spacial score (nSPS) is 14.6. The van der Waals surface area contributed by atoms with E-state index in [-0.39, 0.29) is 34.1 Å². The van der Waals surface area contributed by atoms with Gasteiger partial charge in [0.25, 0.3) is 5.56 Å². The molecule has 0 unspecified atom stereocenters. The van der Waals surface area contributed by atoms with E-state index in [2.05, 4.69) is 30.2 Å². The summed E-state index contributed by atoms with van der Waals surface area (Å²) in [7, 11) is 0. The Bertz CT molecular complexity index is 1350. The summed E-state index contributed by atoms with van der Waals surface area (Å²) in [4.78, 5) is 30.0. The minimum Gasteiger partial charge on any atom is -0.393 e. The molecule has 0 atom stereocenters.